The summed E-state index contributed by atoms with van der Waals surface area (Å²) in [6.45, 7) is 4.05. The van der Waals surface area contributed by atoms with Gasteiger partial charge in [-0.05, 0) is 31.2 Å². The van der Waals surface area contributed by atoms with Crippen molar-refractivity contribution in [1.82, 2.24) is 14.9 Å². The summed E-state index contributed by atoms with van der Waals surface area (Å²) in [6, 6.07) is 8.47. The van der Waals surface area contributed by atoms with Crippen LogP contribution in [0, 0.1) is 5.41 Å². The number of rotatable bonds is 3. The van der Waals surface area contributed by atoms with Crippen molar-refractivity contribution >= 4 is 39.0 Å². The summed E-state index contributed by atoms with van der Waals surface area (Å²) in [5.41, 5.74) is 0.709. The van der Waals surface area contributed by atoms with Crippen molar-refractivity contribution in [2.75, 3.05) is 35.7 Å². The predicted octanol–water partition coefficient (Wildman–Crippen LogP) is 1.87. The zero-order valence-electron chi connectivity index (χ0n) is 15.6. The van der Waals surface area contributed by atoms with Crippen LogP contribution >= 0.6 is 11.6 Å². The molecule has 1 aromatic carbocycles. The first kappa shape index (κ1) is 18.9. The quantitative estimate of drug-likeness (QED) is 0.757. The molecule has 2 unspecified atom stereocenters. The Morgan fingerprint density at radius 1 is 1.25 bits per heavy atom. The minimum atomic E-state index is -3.31. The van der Waals surface area contributed by atoms with Crippen LogP contribution in [-0.4, -0.2) is 67.2 Å². The minimum Gasteiger partial charge on any atom is -0.337 e. The lowest BCUT2D eigenvalue weighted by Gasteiger charge is -2.38. The normalized spacial score (nSPS) is 22.5. The van der Waals surface area contributed by atoms with E-state index in [2.05, 4.69) is 26.7 Å². The third-order valence-corrected chi connectivity index (χ3v) is 6.62. The van der Waals surface area contributed by atoms with Gasteiger partial charge in [0.2, 0.25) is 5.95 Å². The minimum absolute atomic E-state index is 0.00991. The van der Waals surface area contributed by atoms with Crippen LogP contribution in [0.2, 0.25) is 5.15 Å². The number of benzene rings is 1. The molecule has 0 aliphatic carbocycles. The van der Waals surface area contributed by atoms with Crippen molar-refractivity contribution < 1.29 is 8.42 Å². The van der Waals surface area contributed by atoms with E-state index in [1.807, 2.05) is 11.0 Å². The molecule has 1 N–H and O–H groups in total. The highest BCUT2D eigenvalue weighted by Crippen LogP contribution is 2.32. The molecule has 10 heteroatoms. The molecule has 2 fully saturated rings. The van der Waals surface area contributed by atoms with Crippen LogP contribution in [0.3, 0.4) is 0 Å². The topological polar surface area (TPSA) is 93.5 Å². The van der Waals surface area contributed by atoms with Crippen LogP contribution in [0.5, 0.6) is 0 Å². The maximum atomic E-state index is 11.9. The van der Waals surface area contributed by atoms with Crippen LogP contribution in [-0.2, 0) is 9.84 Å². The van der Waals surface area contributed by atoms with Gasteiger partial charge in [0, 0.05) is 37.8 Å². The van der Waals surface area contributed by atoms with Crippen molar-refractivity contribution in [3.8, 4) is 0 Å². The number of fused-ring (bicyclic) bond motifs is 1. The van der Waals surface area contributed by atoms with E-state index in [9.17, 15) is 8.42 Å². The monoisotopic (exact) mass is 420 g/mol. The van der Waals surface area contributed by atoms with Crippen LogP contribution in [0.25, 0.3) is 0 Å². The molecule has 2 aliphatic heterocycles. The van der Waals surface area contributed by atoms with E-state index in [1.54, 1.807) is 30.5 Å². The first-order valence-electron chi connectivity index (χ1n) is 8.94. The predicted molar refractivity (Wildman–Crippen MR) is 109 cm³/mol. The molecule has 2 aromatic rings. The second-order valence-electron chi connectivity index (χ2n) is 7.09. The zero-order chi connectivity index (χ0) is 20.1. The number of nitrogens with one attached hydrogen (secondary N) is 1. The van der Waals surface area contributed by atoms with Crippen molar-refractivity contribution in [2.45, 2.75) is 23.9 Å². The molecular formula is C18H21ClN6O2S. The maximum Gasteiger partial charge on any atom is 0.226 e. The van der Waals surface area contributed by atoms with Crippen molar-refractivity contribution in [3.05, 3.63) is 41.7 Å². The van der Waals surface area contributed by atoms with E-state index in [1.165, 1.54) is 6.26 Å². The molecule has 28 heavy (non-hydrogen) atoms. The molecule has 3 heterocycles. The van der Waals surface area contributed by atoms with Crippen LogP contribution < -0.4 is 9.80 Å². The second kappa shape index (κ2) is 6.89. The summed E-state index contributed by atoms with van der Waals surface area (Å²) < 4.78 is 23.9. The number of piperazine rings is 1. The van der Waals surface area contributed by atoms with E-state index in [4.69, 9.17) is 17.0 Å². The summed E-state index contributed by atoms with van der Waals surface area (Å²) in [5, 5.41) is 9.06. The fraction of sp³-hybridized carbons (Fsp3) is 0.389. The second-order valence-corrected chi connectivity index (χ2v) is 9.49. The number of guanidine groups is 1. The number of halogens is 1. The smallest absolute Gasteiger partial charge is 0.226 e. The molecule has 0 saturated carbocycles. The number of sulfone groups is 1. The molecule has 4 rings (SSSR count). The van der Waals surface area contributed by atoms with E-state index in [0.717, 1.165) is 0 Å². The Morgan fingerprint density at radius 2 is 2.04 bits per heavy atom. The van der Waals surface area contributed by atoms with Crippen LogP contribution in [0.15, 0.2) is 41.4 Å². The summed E-state index contributed by atoms with van der Waals surface area (Å²) in [5.74, 6) is 0.971. The summed E-state index contributed by atoms with van der Waals surface area (Å²) >= 11 is 6.00. The number of anilines is 2. The van der Waals surface area contributed by atoms with Gasteiger partial charge in [-0.15, -0.1) is 0 Å². The first-order valence-corrected chi connectivity index (χ1v) is 11.2. The van der Waals surface area contributed by atoms with Gasteiger partial charge in [0.05, 0.1) is 17.0 Å². The SMILES string of the molecule is CC1C2CN(c3nccc(Cl)n3)CCN2C(=N)N1c1cccc(S(C)(=O)=O)c1. The van der Waals surface area contributed by atoms with E-state index < -0.39 is 9.84 Å². The molecule has 148 valence electrons. The molecule has 8 nitrogen and oxygen atoms in total. The van der Waals surface area contributed by atoms with Crippen LogP contribution in [0.4, 0.5) is 11.6 Å². The third kappa shape index (κ3) is 3.29. The lowest BCUT2D eigenvalue weighted by molar-refractivity contribution is 0.286. The molecule has 2 saturated heterocycles. The summed E-state index contributed by atoms with van der Waals surface area (Å²) in [7, 11) is -3.31. The number of hydrogen-bond acceptors (Lipinski definition) is 6. The molecule has 0 spiro atoms. The Morgan fingerprint density at radius 3 is 2.75 bits per heavy atom. The summed E-state index contributed by atoms with van der Waals surface area (Å²) in [4.78, 5) is 14.9. The lowest BCUT2D eigenvalue weighted by Crippen LogP contribution is -2.54. The van der Waals surface area contributed by atoms with Gasteiger partial charge in [0.15, 0.2) is 15.8 Å². The molecule has 2 aliphatic rings. The fourth-order valence-corrected chi connectivity index (χ4v) is 4.66. The van der Waals surface area contributed by atoms with Gasteiger partial charge in [-0.2, -0.15) is 0 Å². The maximum absolute atomic E-state index is 11.9. The van der Waals surface area contributed by atoms with Gasteiger partial charge in [0.1, 0.15) is 5.15 Å². The fourth-order valence-electron chi connectivity index (χ4n) is 3.87. The van der Waals surface area contributed by atoms with Gasteiger partial charge >= 0.3 is 0 Å². The molecule has 0 bridgehead atoms. The van der Waals surface area contributed by atoms with Crippen molar-refractivity contribution in [3.63, 3.8) is 0 Å². The van der Waals surface area contributed by atoms with Gasteiger partial charge in [-0.1, -0.05) is 17.7 Å². The number of nitrogens with zero attached hydrogens (tertiary/aromatic N) is 5. The molecule has 0 radical (unpaired) electrons. The molecule has 1 aromatic heterocycles. The highest BCUT2D eigenvalue weighted by Gasteiger charge is 2.45. The van der Waals surface area contributed by atoms with Gasteiger partial charge in [0.25, 0.3) is 0 Å². The Bertz CT molecular complexity index is 1030. The average Bonchev–Trinajstić information content (AvgIpc) is 2.91. The molecular weight excluding hydrogens is 400 g/mol. The lowest BCUT2D eigenvalue weighted by atomic mass is 10.1. The van der Waals surface area contributed by atoms with Gasteiger partial charge in [-0.3, -0.25) is 5.41 Å². The van der Waals surface area contributed by atoms with E-state index in [-0.39, 0.29) is 17.0 Å². The van der Waals surface area contributed by atoms with E-state index >= 15 is 0 Å². The Hall–Kier alpha value is -2.39. The zero-order valence-corrected chi connectivity index (χ0v) is 17.2. The number of aromatic nitrogens is 2. The third-order valence-electron chi connectivity index (χ3n) is 5.30. The van der Waals surface area contributed by atoms with Gasteiger partial charge < -0.3 is 14.7 Å². The van der Waals surface area contributed by atoms with Gasteiger partial charge in [-0.25, -0.2) is 18.4 Å². The highest BCUT2D eigenvalue weighted by atomic mass is 35.5. The largest absolute Gasteiger partial charge is 0.337 e. The van der Waals surface area contributed by atoms with E-state index in [0.29, 0.717) is 42.4 Å². The standard InChI is InChI=1S/C18H21ClN6O2S/c1-12-15-11-23(18-21-7-6-16(19)22-18)8-9-24(15)17(20)25(12)13-4-3-5-14(10-13)28(2,26)27/h3-7,10,12,15,20H,8-9,11H2,1-2H3. The molecule has 0 amide bonds. The summed E-state index contributed by atoms with van der Waals surface area (Å²) in [6.07, 6.45) is 2.83. The molecule has 2 atom stereocenters. The average molecular weight is 421 g/mol. The number of hydrogen-bond donors (Lipinski definition) is 1. The Kier molecular flexibility index (Phi) is 4.67. The Balaban J connectivity index is 1.62. The first-order chi connectivity index (χ1) is 13.3. The highest BCUT2D eigenvalue weighted by molar-refractivity contribution is 7.90. The van der Waals surface area contributed by atoms with Crippen molar-refractivity contribution in [2.24, 2.45) is 0 Å². The van der Waals surface area contributed by atoms with Crippen LogP contribution in [0.1, 0.15) is 6.92 Å². The van der Waals surface area contributed by atoms with Crippen molar-refractivity contribution in [1.29, 1.82) is 5.41 Å². The Labute approximate surface area is 169 Å².